The number of hydrogen-bond donors (Lipinski definition) is 0. The van der Waals surface area contributed by atoms with Gasteiger partial charge in [0.25, 0.3) is 0 Å². The maximum Gasteiger partial charge on any atom is 0.164 e. The van der Waals surface area contributed by atoms with Crippen LogP contribution in [0.15, 0.2) is 158 Å². The molecule has 220 valence electrons. The van der Waals surface area contributed by atoms with Crippen molar-refractivity contribution in [2.45, 2.75) is 19.3 Å². The fraction of sp³-hybridized carbons (Fsp3) is 0.0714. The molecular weight excluding hydrogens is 560 g/mol. The molecule has 1 aliphatic rings. The third-order valence-corrected chi connectivity index (χ3v) is 8.92. The average molecular weight is 593 g/mol. The zero-order valence-electron chi connectivity index (χ0n) is 25.8. The zero-order chi connectivity index (χ0) is 31.1. The molecule has 0 atom stereocenters. The van der Waals surface area contributed by atoms with Crippen molar-refractivity contribution >= 4 is 17.1 Å². The number of para-hydroxylation sites is 1. The quantitative estimate of drug-likeness (QED) is 0.199. The Morgan fingerprint density at radius 3 is 1.39 bits per heavy atom. The lowest BCUT2D eigenvalue weighted by molar-refractivity contribution is 0.632. The molecule has 2 heterocycles. The van der Waals surface area contributed by atoms with E-state index in [1.807, 2.05) is 60.7 Å². The van der Waals surface area contributed by atoms with Crippen LogP contribution in [-0.4, -0.2) is 15.0 Å². The van der Waals surface area contributed by atoms with Crippen molar-refractivity contribution < 1.29 is 0 Å². The van der Waals surface area contributed by atoms with Gasteiger partial charge in [-0.05, 0) is 64.7 Å². The SMILES string of the molecule is CC1(C)c2ccccc2N(c2ccc(-c3nc(-c4ccccc4)nc(-c4ccccc4)n3)cc2)c2ccc(-c3ccccc3)cc21. The van der Waals surface area contributed by atoms with Crippen molar-refractivity contribution in [2.75, 3.05) is 4.90 Å². The lowest BCUT2D eigenvalue weighted by Gasteiger charge is -2.42. The molecule has 0 unspecified atom stereocenters. The average Bonchev–Trinajstić information content (AvgIpc) is 3.13. The highest BCUT2D eigenvalue weighted by molar-refractivity contribution is 5.88. The number of rotatable bonds is 5. The molecule has 7 aromatic rings. The first kappa shape index (κ1) is 27.7. The first-order valence-corrected chi connectivity index (χ1v) is 15.6. The normalized spacial score (nSPS) is 13.1. The van der Waals surface area contributed by atoms with Gasteiger partial charge < -0.3 is 4.90 Å². The van der Waals surface area contributed by atoms with Crippen molar-refractivity contribution in [1.29, 1.82) is 0 Å². The van der Waals surface area contributed by atoms with Crippen LogP contribution >= 0.6 is 0 Å². The van der Waals surface area contributed by atoms with Crippen LogP contribution in [0.3, 0.4) is 0 Å². The molecule has 0 amide bonds. The molecule has 0 fully saturated rings. The van der Waals surface area contributed by atoms with Crippen molar-refractivity contribution in [3.8, 4) is 45.3 Å². The predicted octanol–water partition coefficient (Wildman–Crippen LogP) is 10.6. The molecule has 0 saturated heterocycles. The Morgan fingerprint density at radius 2 is 0.826 bits per heavy atom. The van der Waals surface area contributed by atoms with Crippen molar-refractivity contribution in [3.63, 3.8) is 0 Å². The standard InChI is InChI=1S/C42H32N4/c1-42(2)35-20-12-13-21-37(35)46(38-27-24-33(28-36(38)42)29-14-6-3-7-15-29)34-25-22-32(23-26-34)41-44-39(30-16-8-4-9-17-30)43-40(45-41)31-18-10-5-11-19-31/h3-28H,1-2H3. The van der Waals surface area contributed by atoms with Crippen LogP contribution in [0.1, 0.15) is 25.0 Å². The Labute approximate surface area is 269 Å². The number of fused-ring (bicyclic) bond motifs is 2. The Hall–Kier alpha value is -5.87. The van der Waals surface area contributed by atoms with Gasteiger partial charge in [0.15, 0.2) is 17.5 Å². The fourth-order valence-electron chi connectivity index (χ4n) is 6.49. The van der Waals surface area contributed by atoms with E-state index < -0.39 is 0 Å². The summed E-state index contributed by atoms with van der Waals surface area (Å²) in [5.74, 6) is 1.96. The Kier molecular flexibility index (Phi) is 6.76. The molecular formula is C42H32N4. The summed E-state index contributed by atoms with van der Waals surface area (Å²) in [6.07, 6.45) is 0. The molecule has 0 bridgehead atoms. The predicted molar refractivity (Wildman–Crippen MR) is 188 cm³/mol. The number of aromatic nitrogens is 3. The van der Waals surface area contributed by atoms with Gasteiger partial charge in [-0.3, -0.25) is 0 Å². The van der Waals surface area contributed by atoms with Gasteiger partial charge in [0.05, 0.1) is 11.4 Å². The van der Waals surface area contributed by atoms with E-state index in [9.17, 15) is 0 Å². The second-order valence-electron chi connectivity index (χ2n) is 12.2. The highest BCUT2D eigenvalue weighted by atomic mass is 15.2. The van der Waals surface area contributed by atoms with Gasteiger partial charge >= 0.3 is 0 Å². The molecule has 0 spiro atoms. The topological polar surface area (TPSA) is 41.9 Å². The Balaban J connectivity index is 1.23. The molecule has 6 aromatic carbocycles. The fourth-order valence-corrected chi connectivity index (χ4v) is 6.49. The molecule has 4 heteroatoms. The van der Waals surface area contributed by atoms with E-state index in [0.717, 1.165) is 22.4 Å². The van der Waals surface area contributed by atoms with E-state index in [-0.39, 0.29) is 5.41 Å². The minimum atomic E-state index is -0.167. The van der Waals surface area contributed by atoms with Crippen molar-refractivity contribution in [2.24, 2.45) is 0 Å². The summed E-state index contributed by atoms with van der Waals surface area (Å²) in [5, 5.41) is 0. The smallest absolute Gasteiger partial charge is 0.164 e. The van der Waals surface area contributed by atoms with E-state index in [1.165, 1.54) is 33.6 Å². The van der Waals surface area contributed by atoms with Crippen molar-refractivity contribution in [3.05, 3.63) is 169 Å². The summed E-state index contributed by atoms with van der Waals surface area (Å²) in [7, 11) is 0. The minimum Gasteiger partial charge on any atom is -0.310 e. The van der Waals surface area contributed by atoms with Crippen LogP contribution in [0, 0.1) is 0 Å². The largest absolute Gasteiger partial charge is 0.310 e. The number of nitrogens with zero attached hydrogens (tertiary/aromatic N) is 4. The van der Waals surface area contributed by atoms with Crippen LogP contribution < -0.4 is 4.90 Å². The van der Waals surface area contributed by atoms with Gasteiger partial charge in [0.2, 0.25) is 0 Å². The Bertz CT molecular complexity index is 2100. The highest BCUT2D eigenvalue weighted by Crippen LogP contribution is 2.52. The van der Waals surface area contributed by atoms with Gasteiger partial charge in [-0.15, -0.1) is 0 Å². The molecule has 8 rings (SSSR count). The second kappa shape index (κ2) is 11.2. The molecule has 0 N–H and O–H groups in total. The van der Waals surface area contributed by atoms with Gasteiger partial charge in [0.1, 0.15) is 0 Å². The summed E-state index contributed by atoms with van der Waals surface area (Å²) in [5.41, 5.74) is 11.2. The van der Waals surface area contributed by atoms with E-state index in [4.69, 9.17) is 15.0 Å². The number of hydrogen-bond acceptors (Lipinski definition) is 4. The third kappa shape index (κ3) is 4.85. The van der Waals surface area contributed by atoms with Crippen LogP contribution in [0.4, 0.5) is 17.1 Å². The highest BCUT2D eigenvalue weighted by Gasteiger charge is 2.37. The summed E-state index contributed by atoms with van der Waals surface area (Å²) in [6, 6.07) is 55.0. The van der Waals surface area contributed by atoms with Crippen molar-refractivity contribution in [1.82, 2.24) is 15.0 Å². The molecule has 1 aromatic heterocycles. The van der Waals surface area contributed by atoms with E-state index >= 15 is 0 Å². The lowest BCUT2D eigenvalue weighted by atomic mass is 9.73. The first-order valence-electron chi connectivity index (χ1n) is 15.6. The minimum absolute atomic E-state index is 0.167. The second-order valence-corrected chi connectivity index (χ2v) is 12.2. The summed E-state index contributed by atoms with van der Waals surface area (Å²) in [6.45, 7) is 4.66. The number of anilines is 3. The van der Waals surface area contributed by atoms with Gasteiger partial charge in [0, 0.05) is 27.8 Å². The van der Waals surface area contributed by atoms with Gasteiger partial charge in [-0.2, -0.15) is 0 Å². The van der Waals surface area contributed by atoms with Crippen LogP contribution in [0.2, 0.25) is 0 Å². The van der Waals surface area contributed by atoms with Crippen LogP contribution in [0.25, 0.3) is 45.3 Å². The third-order valence-electron chi connectivity index (χ3n) is 8.92. The molecule has 46 heavy (non-hydrogen) atoms. The maximum atomic E-state index is 4.94. The summed E-state index contributed by atoms with van der Waals surface area (Å²) >= 11 is 0. The monoisotopic (exact) mass is 592 g/mol. The maximum absolute atomic E-state index is 4.94. The molecule has 0 saturated carbocycles. The summed E-state index contributed by atoms with van der Waals surface area (Å²) < 4.78 is 0. The van der Waals surface area contributed by atoms with E-state index in [0.29, 0.717) is 17.5 Å². The molecule has 0 aliphatic carbocycles. The van der Waals surface area contributed by atoms with Gasteiger partial charge in [-0.1, -0.05) is 129 Å². The lowest BCUT2D eigenvalue weighted by Crippen LogP contribution is -2.30. The van der Waals surface area contributed by atoms with E-state index in [2.05, 4.69) is 116 Å². The van der Waals surface area contributed by atoms with Gasteiger partial charge in [-0.25, -0.2) is 15.0 Å². The van der Waals surface area contributed by atoms with Crippen LogP contribution in [0.5, 0.6) is 0 Å². The van der Waals surface area contributed by atoms with Crippen LogP contribution in [-0.2, 0) is 5.41 Å². The molecule has 0 radical (unpaired) electrons. The van der Waals surface area contributed by atoms with E-state index in [1.54, 1.807) is 0 Å². The summed E-state index contributed by atoms with van der Waals surface area (Å²) in [4.78, 5) is 17.1. The molecule has 4 nitrogen and oxygen atoms in total. The first-order chi connectivity index (χ1) is 22.6. The number of benzene rings is 6. The molecule has 1 aliphatic heterocycles. The Morgan fingerprint density at radius 1 is 0.391 bits per heavy atom. The zero-order valence-corrected chi connectivity index (χ0v) is 25.8.